The molecular formula is C16H26N2O. The monoisotopic (exact) mass is 262 g/mol. The Bertz CT molecular complexity index is 403. The second-order valence-corrected chi connectivity index (χ2v) is 5.96. The van der Waals surface area contributed by atoms with E-state index in [0.717, 1.165) is 19.4 Å². The topological polar surface area (TPSA) is 24.5 Å². The summed E-state index contributed by atoms with van der Waals surface area (Å²) in [7, 11) is 4.14. The van der Waals surface area contributed by atoms with Gasteiger partial charge in [-0.3, -0.25) is 0 Å². The molecule has 1 aromatic carbocycles. The molecule has 0 bridgehead atoms. The lowest BCUT2D eigenvalue weighted by Gasteiger charge is -2.33. The lowest BCUT2D eigenvalue weighted by Crippen LogP contribution is -2.36. The number of rotatable bonds is 4. The molecular weight excluding hydrogens is 236 g/mol. The Labute approximate surface area is 116 Å². The Morgan fingerprint density at radius 3 is 2.79 bits per heavy atom. The number of anilines is 2. The van der Waals surface area contributed by atoms with Crippen LogP contribution in [0.5, 0.6) is 0 Å². The van der Waals surface area contributed by atoms with E-state index < -0.39 is 0 Å². The van der Waals surface area contributed by atoms with Crippen molar-refractivity contribution in [1.29, 1.82) is 0 Å². The highest BCUT2D eigenvalue weighted by Gasteiger charge is 2.24. The lowest BCUT2D eigenvalue weighted by atomic mass is 9.95. The summed E-state index contributed by atoms with van der Waals surface area (Å²) in [5, 5.41) is 3.65. The van der Waals surface area contributed by atoms with E-state index in [9.17, 15) is 0 Å². The van der Waals surface area contributed by atoms with Gasteiger partial charge >= 0.3 is 0 Å². The Kier molecular flexibility index (Phi) is 4.70. The van der Waals surface area contributed by atoms with Crippen molar-refractivity contribution >= 4 is 11.4 Å². The van der Waals surface area contributed by atoms with Crippen LogP contribution in [0.25, 0.3) is 0 Å². The predicted octanol–water partition coefficient (Wildman–Crippen LogP) is 3.37. The quantitative estimate of drug-likeness (QED) is 0.900. The second kappa shape index (κ2) is 6.29. The lowest BCUT2D eigenvalue weighted by molar-refractivity contribution is -0.0160. The number of hydrogen-bond donors (Lipinski definition) is 1. The van der Waals surface area contributed by atoms with Gasteiger partial charge in [0.25, 0.3) is 0 Å². The number of nitrogens with zero attached hydrogens (tertiary/aromatic N) is 1. The van der Waals surface area contributed by atoms with Gasteiger partial charge in [0.2, 0.25) is 0 Å². The van der Waals surface area contributed by atoms with Gasteiger partial charge in [-0.15, -0.1) is 0 Å². The number of nitrogens with one attached hydrogen (secondary N) is 1. The predicted molar refractivity (Wildman–Crippen MR) is 82.0 cm³/mol. The molecule has 0 aliphatic carbocycles. The van der Waals surface area contributed by atoms with E-state index in [0.29, 0.717) is 18.1 Å². The average Bonchev–Trinajstić information content (AvgIpc) is 2.39. The molecule has 1 heterocycles. The maximum atomic E-state index is 5.82. The Hall–Kier alpha value is -1.22. The van der Waals surface area contributed by atoms with Gasteiger partial charge in [-0.25, -0.2) is 0 Å². The van der Waals surface area contributed by atoms with Crippen molar-refractivity contribution in [3.63, 3.8) is 0 Å². The summed E-state index contributed by atoms with van der Waals surface area (Å²) < 4.78 is 5.82. The van der Waals surface area contributed by atoms with Gasteiger partial charge in [-0.05, 0) is 37.0 Å². The first-order valence-corrected chi connectivity index (χ1v) is 7.22. The molecule has 1 aliphatic heterocycles. The molecule has 106 valence electrons. The Morgan fingerprint density at radius 2 is 2.11 bits per heavy atom. The fraction of sp³-hybridized carbons (Fsp3) is 0.625. The van der Waals surface area contributed by atoms with Crippen LogP contribution >= 0.6 is 0 Å². The van der Waals surface area contributed by atoms with Gasteiger partial charge in [0, 0.05) is 38.1 Å². The molecule has 2 atom stereocenters. The van der Waals surface area contributed by atoms with E-state index in [1.54, 1.807) is 0 Å². The standard InChI is InChI=1S/C16H26N2O/c1-12(2)16-11-14(8-9-19-16)17-13-6-5-7-15(10-13)18(3)4/h5-7,10,12,14,16-17H,8-9,11H2,1-4H3. The first-order chi connectivity index (χ1) is 9.06. The third-order valence-corrected chi connectivity index (χ3v) is 3.79. The molecule has 0 saturated carbocycles. The molecule has 2 rings (SSSR count). The molecule has 0 radical (unpaired) electrons. The molecule has 0 amide bonds. The SMILES string of the molecule is CC(C)C1CC(Nc2cccc(N(C)C)c2)CCO1. The van der Waals surface area contributed by atoms with Gasteiger partial charge < -0.3 is 15.0 Å². The minimum atomic E-state index is 0.392. The van der Waals surface area contributed by atoms with Crippen molar-refractivity contribution in [3.05, 3.63) is 24.3 Å². The summed E-state index contributed by atoms with van der Waals surface area (Å²) in [4.78, 5) is 2.13. The zero-order valence-corrected chi connectivity index (χ0v) is 12.5. The summed E-state index contributed by atoms with van der Waals surface area (Å²) in [5.41, 5.74) is 2.44. The first kappa shape index (κ1) is 14.2. The second-order valence-electron chi connectivity index (χ2n) is 5.96. The summed E-state index contributed by atoms with van der Waals surface area (Å²) in [6.45, 7) is 5.34. The highest BCUT2D eigenvalue weighted by Crippen LogP contribution is 2.24. The van der Waals surface area contributed by atoms with Gasteiger partial charge in [0.05, 0.1) is 6.10 Å². The van der Waals surface area contributed by atoms with Crippen molar-refractivity contribution in [3.8, 4) is 0 Å². The van der Waals surface area contributed by atoms with Gasteiger partial charge in [-0.2, -0.15) is 0 Å². The van der Waals surface area contributed by atoms with E-state index in [1.165, 1.54) is 11.4 Å². The zero-order chi connectivity index (χ0) is 13.8. The van der Waals surface area contributed by atoms with Crippen molar-refractivity contribution in [2.24, 2.45) is 5.92 Å². The Morgan fingerprint density at radius 1 is 1.32 bits per heavy atom. The fourth-order valence-corrected chi connectivity index (χ4v) is 2.53. The Balaban J connectivity index is 1.98. The average molecular weight is 262 g/mol. The van der Waals surface area contributed by atoms with Gasteiger partial charge in [-0.1, -0.05) is 19.9 Å². The minimum absolute atomic E-state index is 0.392. The molecule has 2 unspecified atom stereocenters. The summed E-state index contributed by atoms with van der Waals surface area (Å²) in [6, 6.07) is 9.12. The molecule has 1 saturated heterocycles. The van der Waals surface area contributed by atoms with Crippen LogP contribution in [-0.4, -0.2) is 32.8 Å². The summed E-state index contributed by atoms with van der Waals surface area (Å²) >= 11 is 0. The molecule has 0 spiro atoms. The van der Waals surface area contributed by atoms with Crippen LogP contribution in [0.4, 0.5) is 11.4 Å². The molecule has 1 N–H and O–H groups in total. The van der Waals surface area contributed by atoms with E-state index in [4.69, 9.17) is 4.74 Å². The summed E-state index contributed by atoms with van der Waals surface area (Å²) in [6.07, 6.45) is 2.59. The fourth-order valence-electron chi connectivity index (χ4n) is 2.53. The van der Waals surface area contributed by atoms with Crippen LogP contribution in [0.15, 0.2) is 24.3 Å². The normalized spacial score (nSPS) is 23.4. The van der Waals surface area contributed by atoms with Crippen LogP contribution in [0, 0.1) is 5.92 Å². The molecule has 1 fully saturated rings. The minimum Gasteiger partial charge on any atom is -0.382 e. The summed E-state index contributed by atoms with van der Waals surface area (Å²) in [5.74, 6) is 0.595. The van der Waals surface area contributed by atoms with Crippen molar-refractivity contribution < 1.29 is 4.74 Å². The van der Waals surface area contributed by atoms with Crippen molar-refractivity contribution in [2.45, 2.75) is 38.8 Å². The molecule has 1 aliphatic rings. The molecule has 3 heteroatoms. The van der Waals surface area contributed by atoms with Crippen LogP contribution < -0.4 is 10.2 Å². The number of hydrogen-bond acceptors (Lipinski definition) is 3. The smallest absolute Gasteiger partial charge is 0.0617 e. The van der Waals surface area contributed by atoms with E-state index in [1.807, 2.05) is 0 Å². The molecule has 1 aromatic rings. The first-order valence-electron chi connectivity index (χ1n) is 7.22. The maximum Gasteiger partial charge on any atom is 0.0617 e. The van der Waals surface area contributed by atoms with E-state index in [2.05, 4.69) is 62.4 Å². The van der Waals surface area contributed by atoms with Crippen LogP contribution in [0.3, 0.4) is 0 Å². The zero-order valence-electron chi connectivity index (χ0n) is 12.5. The van der Waals surface area contributed by atoms with Gasteiger partial charge in [0.1, 0.15) is 0 Å². The van der Waals surface area contributed by atoms with Crippen LogP contribution in [-0.2, 0) is 4.74 Å². The van der Waals surface area contributed by atoms with Gasteiger partial charge in [0.15, 0.2) is 0 Å². The van der Waals surface area contributed by atoms with Crippen molar-refractivity contribution in [1.82, 2.24) is 0 Å². The molecule has 19 heavy (non-hydrogen) atoms. The third-order valence-electron chi connectivity index (χ3n) is 3.79. The maximum absolute atomic E-state index is 5.82. The van der Waals surface area contributed by atoms with Crippen LogP contribution in [0.2, 0.25) is 0 Å². The highest BCUT2D eigenvalue weighted by atomic mass is 16.5. The number of ether oxygens (including phenoxy) is 1. The van der Waals surface area contributed by atoms with Crippen molar-refractivity contribution in [2.75, 3.05) is 30.9 Å². The molecule has 3 nitrogen and oxygen atoms in total. The number of benzene rings is 1. The van der Waals surface area contributed by atoms with E-state index >= 15 is 0 Å². The van der Waals surface area contributed by atoms with Crippen LogP contribution in [0.1, 0.15) is 26.7 Å². The van der Waals surface area contributed by atoms with E-state index in [-0.39, 0.29) is 0 Å². The molecule has 0 aromatic heterocycles. The highest BCUT2D eigenvalue weighted by molar-refractivity contribution is 5.57. The third kappa shape index (κ3) is 3.87. The largest absolute Gasteiger partial charge is 0.382 e.